The minimum atomic E-state index is 0.0320. The van der Waals surface area contributed by atoms with Crippen molar-refractivity contribution in [1.82, 2.24) is 29.9 Å². The SMILES string of the molecule is Cc1ccc(-n2nccn2)c(C(=O)N2CC3CC3C2CNc2cnc3ccccc3n2)c1. The van der Waals surface area contributed by atoms with Crippen molar-refractivity contribution in [3.63, 3.8) is 0 Å². The Balaban J connectivity index is 1.25. The Morgan fingerprint density at radius 2 is 1.94 bits per heavy atom. The fourth-order valence-electron chi connectivity index (χ4n) is 4.81. The summed E-state index contributed by atoms with van der Waals surface area (Å²) in [6.45, 7) is 3.44. The third-order valence-electron chi connectivity index (χ3n) is 6.52. The van der Waals surface area contributed by atoms with Crippen molar-refractivity contribution in [2.45, 2.75) is 19.4 Å². The van der Waals surface area contributed by atoms with Crippen LogP contribution < -0.4 is 5.32 Å². The molecular weight excluding hydrogens is 402 g/mol. The minimum absolute atomic E-state index is 0.0320. The van der Waals surface area contributed by atoms with Crippen molar-refractivity contribution in [3.8, 4) is 5.69 Å². The number of aromatic nitrogens is 5. The Morgan fingerprint density at radius 3 is 2.78 bits per heavy atom. The van der Waals surface area contributed by atoms with Crippen LogP contribution in [0.5, 0.6) is 0 Å². The summed E-state index contributed by atoms with van der Waals surface area (Å²) in [5, 5.41) is 11.9. The average molecular weight is 425 g/mol. The Morgan fingerprint density at radius 1 is 1.12 bits per heavy atom. The Hall–Kier alpha value is -3.81. The number of hydrogen-bond acceptors (Lipinski definition) is 6. The summed E-state index contributed by atoms with van der Waals surface area (Å²) in [4.78, 5) is 26.4. The first-order valence-corrected chi connectivity index (χ1v) is 10.9. The summed E-state index contributed by atoms with van der Waals surface area (Å²) in [5.74, 6) is 1.89. The second-order valence-corrected chi connectivity index (χ2v) is 8.65. The molecule has 2 aromatic carbocycles. The predicted molar refractivity (Wildman–Crippen MR) is 121 cm³/mol. The van der Waals surface area contributed by atoms with Crippen LogP contribution >= 0.6 is 0 Å². The number of carbonyl (C=O) groups excluding carboxylic acids is 1. The van der Waals surface area contributed by atoms with Crippen LogP contribution in [0, 0.1) is 18.8 Å². The highest BCUT2D eigenvalue weighted by molar-refractivity contribution is 5.98. The second kappa shape index (κ2) is 7.40. The van der Waals surface area contributed by atoms with Gasteiger partial charge in [-0.3, -0.25) is 9.78 Å². The van der Waals surface area contributed by atoms with Crippen LogP contribution in [-0.2, 0) is 0 Å². The molecule has 1 saturated heterocycles. The number of para-hydroxylation sites is 2. The molecule has 0 bridgehead atoms. The van der Waals surface area contributed by atoms with Crippen LogP contribution in [0.2, 0.25) is 0 Å². The highest BCUT2D eigenvalue weighted by Gasteiger charge is 2.54. The maximum atomic E-state index is 13.7. The molecule has 160 valence electrons. The van der Waals surface area contributed by atoms with Gasteiger partial charge in [0.25, 0.3) is 5.91 Å². The largest absolute Gasteiger partial charge is 0.367 e. The van der Waals surface area contributed by atoms with E-state index in [1.54, 1.807) is 18.6 Å². The molecule has 6 rings (SSSR count). The first-order chi connectivity index (χ1) is 15.7. The molecule has 8 nitrogen and oxygen atoms in total. The Labute approximate surface area is 185 Å². The maximum absolute atomic E-state index is 13.7. The first kappa shape index (κ1) is 18.9. The molecule has 1 N–H and O–H groups in total. The smallest absolute Gasteiger partial charge is 0.256 e. The fourth-order valence-corrected chi connectivity index (χ4v) is 4.81. The average Bonchev–Trinajstić information content (AvgIpc) is 3.21. The number of piperidine rings is 1. The highest BCUT2D eigenvalue weighted by Crippen LogP contribution is 2.50. The van der Waals surface area contributed by atoms with Gasteiger partial charge >= 0.3 is 0 Å². The topological polar surface area (TPSA) is 88.8 Å². The standard InChI is InChI=1S/C24H23N7O/c1-15-6-7-21(31-27-8-9-28-31)18(10-15)24(32)30-14-16-11-17(16)22(30)12-26-23-13-25-19-4-2-3-5-20(19)29-23/h2-10,13,16-17,22H,11-12,14H2,1H3,(H,26,29). The normalized spacial score (nSPS) is 21.5. The Kier molecular flexibility index (Phi) is 4.38. The highest BCUT2D eigenvalue weighted by atomic mass is 16.2. The van der Waals surface area contributed by atoms with Crippen molar-refractivity contribution in [2.24, 2.45) is 11.8 Å². The molecule has 1 aliphatic heterocycles. The number of amides is 1. The number of nitrogens with zero attached hydrogens (tertiary/aromatic N) is 6. The molecule has 0 radical (unpaired) electrons. The number of rotatable bonds is 5. The van der Waals surface area contributed by atoms with E-state index in [1.807, 2.05) is 54.3 Å². The minimum Gasteiger partial charge on any atom is -0.367 e. The van der Waals surface area contributed by atoms with Crippen molar-refractivity contribution < 1.29 is 4.79 Å². The van der Waals surface area contributed by atoms with Gasteiger partial charge in [0, 0.05) is 13.1 Å². The molecule has 3 heterocycles. The summed E-state index contributed by atoms with van der Waals surface area (Å²) in [7, 11) is 0. The van der Waals surface area contributed by atoms with Gasteiger partial charge in [0.15, 0.2) is 0 Å². The van der Waals surface area contributed by atoms with E-state index in [2.05, 4.69) is 25.5 Å². The lowest BCUT2D eigenvalue weighted by molar-refractivity contribution is 0.0715. The number of benzene rings is 2. The second-order valence-electron chi connectivity index (χ2n) is 8.65. The summed E-state index contributed by atoms with van der Waals surface area (Å²) >= 11 is 0. The van der Waals surface area contributed by atoms with Gasteiger partial charge in [-0.05, 0) is 49.4 Å². The molecule has 8 heteroatoms. The molecule has 3 atom stereocenters. The van der Waals surface area contributed by atoms with Crippen LogP contribution in [-0.4, -0.2) is 54.9 Å². The molecule has 2 fully saturated rings. The van der Waals surface area contributed by atoms with Crippen molar-refractivity contribution >= 4 is 22.8 Å². The lowest BCUT2D eigenvalue weighted by Gasteiger charge is -2.28. The number of aryl methyl sites for hydroxylation is 1. The molecule has 1 amide bonds. The summed E-state index contributed by atoms with van der Waals surface area (Å²) in [6.07, 6.45) is 6.18. The summed E-state index contributed by atoms with van der Waals surface area (Å²) in [5.41, 5.74) is 4.11. The number of likely N-dealkylation sites (tertiary alicyclic amines) is 1. The lowest BCUT2D eigenvalue weighted by Crippen LogP contribution is -2.43. The Bertz CT molecular complexity index is 1300. The molecular formula is C24H23N7O. The number of hydrogen-bond donors (Lipinski definition) is 1. The monoisotopic (exact) mass is 425 g/mol. The first-order valence-electron chi connectivity index (χ1n) is 10.9. The lowest BCUT2D eigenvalue weighted by atomic mass is 10.1. The van der Waals surface area contributed by atoms with E-state index in [1.165, 1.54) is 11.2 Å². The van der Waals surface area contributed by atoms with Crippen molar-refractivity contribution in [2.75, 3.05) is 18.4 Å². The number of fused-ring (bicyclic) bond motifs is 2. The molecule has 3 unspecified atom stereocenters. The number of carbonyl (C=O) groups is 1. The molecule has 32 heavy (non-hydrogen) atoms. The molecule has 2 aliphatic rings. The van der Waals surface area contributed by atoms with Gasteiger partial charge in [0.2, 0.25) is 0 Å². The van der Waals surface area contributed by atoms with Crippen LogP contribution in [0.25, 0.3) is 16.7 Å². The van der Waals surface area contributed by atoms with E-state index in [4.69, 9.17) is 0 Å². The van der Waals surface area contributed by atoms with Gasteiger partial charge in [-0.2, -0.15) is 15.0 Å². The van der Waals surface area contributed by atoms with Gasteiger partial charge in [-0.1, -0.05) is 23.8 Å². The third kappa shape index (κ3) is 3.28. The summed E-state index contributed by atoms with van der Waals surface area (Å²) < 4.78 is 0. The zero-order valence-corrected chi connectivity index (χ0v) is 17.7. The molecule has 1 aliphatic carbocycles. The van der Waals surface area contributed by atoms with Crippen LogP contribution in [0.3, 0.4) is 0 Å². The number of nitrogens with one attached hydrogen (secondary N) is 1. The summed E-state index contributed by atoms with van der Waals surface area (Å²) in [6, 6.07) is 13.8. The number of anilines is 1. The van der Waals surface area contributed by atoms with Crippen molar-refractivity contribution in [1.29, 1.82) is 0 Å². The maximum Gasteiger partial charge on any atom is 0.256 e. The van der Waals surface area contributed by atoms with E-state index in [0.29, 0.717) is 29.6 Å². The molecule has 1 saturated carbocycles. The third-order valence-corrected chi connectivity index (χ3v) is 6.52. The predicted octanol–water partition coefficient (Wildman–Crippen LogP) is 3.09. The van der Waals surface area contributed by atoms with Gasteiger partial charge < -0.3 is 10.2 Å². The van der Waals surface area contributed by atoms with Crippen LogP contribution in [0.15, 0.2) is 61.1 Å². The van der Waals surface area contributed by atoms with Crippen molar-refractivity contribution in [3.05, 3.63) is 72.2 Å². The molecule has 2 aromatic heterocycles. The van der Waals surface area contributed by atoms with Gasteiger partial charge in [-0.15, -0.1) is 0 Å². The van der Waals surface area contributed by atoms with Gasteiger partial charge in [-0.25, -0.2) is 4.98 Å². The van der Waals surface area contributed by atoms with Gasteiger partial charge in [0.05, 0.1) is 46.9 Å². The quantitative estimate of drug-likeness (QED) is 0.529. The zero-order valence-electron chi connectivity index (χ0n) is 17.7. The van der Waals surface area contributed by atoms with E-state index < -0.39 is 0 Å². The van der Waals surface area contributed by atoms with Crippen LogP contribution in [0.1, 0.15) is 22.3 Å². The fraction of sp³-hybridized carbons (Fsp3) is 0.292. The molecule has 4 aromatic rings. The van der Waals surface area contributed by atoms with E-state index >= 15 is 0 Å². The molecule has 0 spiro atoms. The van der Waals surface area contributed by atoms with E-state index in [0.717, 1.165) is 29.0 Å². The van der Waals surface area contributed by atoms with E-state index in [9.17, 15) is 4.79 Å². The van der Waals surface area contributed by atoms with Gasteiger partial charge in [0.1, 0.15) is 5.82 Å². The van der Waals surface area contributed by atoms with E-state index in [-0.39, 0.29) is 11.9 Å². The van der Waals surface area contributed by atoms with Crippen LogP contribution in [0.4, 0.5) is 5.82 Å². The zero-order chi connectivity index (χ0) is 21.7.